The lowest BCUT2D eigenvalue weighted by atomic mass is 10.1. The number of allylic oxidation sites excluding steroid dienone is 1. The van der Waals surface area contributed by atoms with Gasteiger partial charge in [-0.05, 0) is 17.5 Å². The van der Waals surface area contributed by atoms with Crippen LogP contribution in [0.25, 0.3) is 0 Å². The Morgan fingerprint density at radius 3 is 1.79 bits per heavy atom. The van der Waals surface area contributed by atoms with E-state index in [4.69, 9.17) is 9.47 Å². The Bertz CT molecular complexity index is 607. The molecule has 0 fully saturated rings. The van der Waals surface area contributed by atoms with Gasteiger partial charge in [0.25, 0.3) is 0 Å². The fourth-order valence-corrected chi connectivity index (χ4v) is 2.28. The van der Waals surface area contributed by atoms with Crippen LogP contribution in [0.5, 0.6) is 0 Å². The zero-order valence-corrected chi connectivity index (χ0v) is 14.0. The molecule has 0 aliphatic carbocycles. The van der Waals surface area contributed by atoms with E-state index in [1.54, 1.807) is 0 Å². The van der Waals surface area contributed by atoms with Gasteiger partial charge in [-0.15, -0.1) is 0 Å². The average Bonchev–Trinajstić information content (AvgIpc) is 2.65. The zero-order valence-electron chi connectivity index (χ0n) is 14.0. The Labute approximate surface area is 143 Å². The quantitative estimate of drug-likeness (QED) is 0.482. The van der Waals surface area contributed by atoms with Gasteiger partial charge in [-0.1, -0.05) is 79.7 Å². The van der Waals surface area contributed by atoms with Gasteiger partial charge in [-0.3, -0.25) is 0 Å². The lowest BCUT2D eigenvalue weighted by molar-refractivity contribution is -0.128. The molecule has 0 spiro atoms. The second-order valence-electron chi connectivity index (χ2n) is 5.49. The van der Waals surface area contributed by atoms with Crippen LogP contribution >= 0.6 is 0 Å². The summed E-state index contributed by atoms with van der Waals surface area (Å²) in [6.45, 7) is 2.87. The molecule has 0 bridgehead atoms. The maximum absolute atomic E-state index is 11.5. The SMILES string of the molecule is CC/C=C/[C@@H](OCc1ccccc1)[C@@H](C=O)OCc1ccccc1. The van der Waals surface area contributed by atoms with Gasteiger partial charge in [0.05, 0.1) is 13.2 Å². The summed E-state index contributed by atoms with van der Waals surface area (Å²) in [7, 11) is 0. The fraction of sp³-hybridized carbons (Fsp3) is 0.286. The number of rotatable bonds is 10. The van der Waals surface area contributed by atoms with E-state index >= 15 is 0 Å². The summed E-state index contributed by atoms with van der Waals surface area (Å²) in [6.07, 6.45) is 4.59. The second kappa shape index (κ2) is 10.5. The minimum absolute atomic E-state index is 0.384. The first-order valence-corrected chi connectivity index (χ1v) is 8.26. The number of hydrogen-bond acceptors (Lipinski definition) is 3. The molecule has 3 nitrogen and oxygen atoms in total. The Hall–Kier alpha value is -2.23. The predicted molar refractivity (Wildman–Crippen MR) is 95.5 cm³/mol. The van der Waals surface area contributed by atoms with Crippen molar-refractivity contribution in [3.05, 3.63) is 83.9 Å². The summed E-state index contributed by atoms with van der Waals surface area (Å²) in [6, 6.07) is 19.7. The molecule has 0 aliphatic heterocycles. The molecule has 0 aromatic heterocycles. The van der Waals surface area contributed by atoms with Crippen molar-refractivity contribution < 1.29 is 14.3 Å². The highest BCUT2D eigenvalue weighted by Gasteiger charge is 2.20. The maximum atomic E-state index is 11.5. The highest BCUT2D eigenvalue weighted by molar-refractivity contribution is 5.57. The molecule has 3 heteroatoms. The fourth-order valence-electron chi connectivity index (χ4n) is 2.28. The van der Waals surface area contributed by atoms with E-state index in [9.17, 15) is 4.79 Å². The van der Waals surface area contributed by atoms with E-state index in [0.29, 0.717) is 13.2 Å². The van der Waals surface area contributed by atoms with Crippen molar-refractivity contribution in [2.75, 3.05) is 0 Å². The molecule has 126 valence electrons. The van der Waals surface area contributed by atoms with Crippen LogP contribution in [0.3, 0.4) is 0 Å². The first-order valence-electron chi connectivity index (χ1n) is 8.26. The molecule has 24 heavy (non-hydrogen) atoms. The van der Waals surface area contributed by atoms with E-state index in [-0.39, 0.29) is 0 Å². The molecule has 2 rings (SSSR count). The number of carbonyl (C=O) groups excluding carboxylic acids is 1. The van der Waals surface area contributed by atoms with Crippen molar-refractivity contribution in [3.63, 3.8) is 0 Å². The minimum Gasteiger partial charge on any atom is -0.366 e. The van der Waals surface area contributed by atoms with Crippen molar-refractivity contribution >= 4 is 6.29 Å². The smallest absolute Gasteiger partial charge is 0.151 e. The van der Waals surface area contributed by atoms with Crippen LogP contribution in [-0.2, 0) is 27.5 Å². The van der Waals surface area contributed by atoms with Crippen LogP contribution in [0.4, 0.5) is 0 Å². The van der Waals surface area contributed by atoms with E-state index in [0.717, 1.165) is 23.8 Å². The van der Waals surface area contributed by atoms with Gasteiger partial charge in [0.1, 0.15) is 12.2 Å². The van der Waals surface area contributed by atoms with Crippen molar-refractivity contribution in [2.24, 2.45) is 0 Å². The van der Waals surface area contributed by atoms with Crippen molar-refractivity contribution in [1.82, 2.24) is 0 Å². The monoisotopic (exact) mass is 324 g/mol. The lowest BCUT2D eigenvalue weighted by Crippen LogP contribution is -2.31. The molecule has 0 saturated heterocycles. The highest BCUT2D eigenvalue weighted by Crippen LogP contribution is 2.12. The number of aldehydes is 1. The molecule has 2 aromatic rings. The Morgan fingerprint density at radius 1 is 0.833 bits per heavy atom. The van der Waals surface area contributed by atoms with Crippen LogP contribution in [0.15, 0.2) is 72.8 Å². The lowest BCUT2D eigenvalue weighted by Gasteiger charge is -2.21. The van der Waals surface area contributed by atoms with Crippen molar-refractivity contribution in [3.8, 4) is 0 Å². The van der Waals surface area contributed by atoms with Gasteiger partial charge in [-0.25, -0.2) is 0 Å². The van der Waals surface area contributed by atoms with Crippen LogP contribution in [0.2, 0.25) is 0 Å². The summed E-state index contributed by atoms with van der Waals surface area (Å²) >= 11 is 0. The summed E-state index contributed by atoms with van der Waals surface area (Å²) < 4.78 is 11.7. The van der Waals surface area contributed by atoms with Crippen LogP contribution in [0, 0.1) is 0 Å². The summed E-state index contributed by atoms with van der Waals surface area (Å²) in [5.74, 6) is 0. The van der Waals surface area contributed by atoms with Gasteiger partial charge < -0.3 is 14.3 Å². The topological polar surface area (TPSA) is 35.5 Å². The maximum Gasteiger partial charge on any atom is 0.151 e. The molecule has 0 unspecified atom stereocenters. The molecule has 2 aromatic carbocycles. The number of hydrogen-bond donors (Lipinski definition) is 0. The Kier molecular flexibility index (Phi) is 7.94. The van der Waals surface area contributed by atoms with Gasteiger partial charge in [0.15, 0.2) is 6.29 Å². The van der Waals surface area contributed by atoms with Gasteiger partial charge in [0.2, 0.25) is 0 Å². The van der Waals surface area contributed by atoms with Crippen molar-refractivity contribution in [2.45, 2.75) is 38.8 Å². The first kappa shape index (κ1) is 18.1. The highest BCUT2D eigenvalue weighted by atomic mass is 16.5. The molecule has 0 N–H and O–H groups in total. The predicted octanol–water partition coefficient (Wildman–Crippen LogP) is 4.32. The van der Waals surface area contributed by atoms with Crippen LogP contribution < -0.4 is 0 Å². The third-order valence-corrected chi connectivity index (χ3v) is 3.59. The standard InChI is InChI=1S/C21H24O3/c1-2-3-14-20(23-16-18-10-6-4-7-11-18)21(15-22)24-17-19-12-8-5-9-13-19/h3-15,20-21H,2,16-17H2,1H3/b14-3+/t20-,21-/m1/s1. The zero-order chi connectivity index (χ0) is 17.0. The van der Waals surface area contributed by atoms with E-state index in [2.05, 4.69) is 0 Å². The van der Waals surface area contributed by atoms with Crippen LogP contribution in [-0.4, -0.2) is 18.5 Å². The third-order valence-electron chi connectivity index (χ3n) is 3.59. The van der Waals surface area contributed by atoms with E-state index in [1.165, 1.54) is 0 Å². The molecule has 0 radical (unpaired) electrons. The largest absolute Gasteiger partial charge is 0.366 e. The summed E-state index contributed by atoms with van der Waals surface area (Å²) in [4.78, 5) is 11.5. The van der Waals surface area contributed by atoms with Gasteiger partial charge in [-0.2, -0.15) is 0 Å². The van der Waals surface area contributed by atoms with Gasteiger partial charge >= 0.3 is 0 Å². The summed E-state index contributed by atoms with van der Waals surface area (Å²) in [5, 5.41) is 0. The Balaban J connectivity index is 1.97. The minimum atomic E-state index is -0.628. The summed E-state index contributed by atoms with van der Waals surface area (Å²) in [5.41, 5.74) is 2.10. The molecule has 0 aliphatic rings. The number of carbonyl (C=O) groups is 1. The van der Waals surface area contributed by atoms with Gasteiger partial charge in [0, 0.05) is 0 Å². The Morgan fingerprint density at radius 2 is 1.33 bits per heavy atom. The molecular formula is C21H24O3. The number of benzene rings is 2. The van der Waals surface area contributed by atoms with E-state index < -0.39 is 12.2 Å². The first-order chi connectivity index (χ1) is 11.8. The molecule has 0 heterocycles. The number of ether oxygens (including phenoxy) is 2. The normalized spacial score (nSPS) is 13.7. The van der Waals surface area contributed by atoms with Crippen molar-refractivity contribution in [1.29, 1.82) is 0 Å². The third kappa shape index (κ3) is 6.11. The average molecular weight is 324 g/mol. The second-order valence-corrected chi connectivity index (χ2v) is 5.49. The molecule has 0 amide bonds. The molecular weight excluding hydrogens is 300 g/mol. The van der Waals surface area contributed by atoms with Crippen LogP contribution in [0.1, 0.15) is 24.5 Å². The molecule has 0 saturated carbocycles. The van der Waals surface area contributed by atoms with E-state index in [1.807, 2.05) is 79.7 Å². The molecule has 2 atom stereocenters.